The van der Waals surface area contributed by atoms with Gasteiger partial charge in [-0.2, -0.15) is 0 Å². The highest BCUT2D eigenvalue weighted by Gasteiger charge is 2.10. The van der Waals surface area contributed by atoms with Gasteiger partial charge in [-0.25, -0.2) is 0 Å². The molecule has 1 aromatic rings. The molecule has 0 aliphatic carbocycles. The summed E-state index contributed by atoms with van der Waals surface area (Å²) in [5, 5.41) is 11.0. The first kappa shape index (κ1) is 13.8. The SMILES string of the molecule is COC(=O)CSCc1cc([N+](=O)[O-])ccc1Cl. The molecule has 0 unspecified atom stereocenters. The summed E-state index contributed by atoms with van der Waals surface area (Å²) in [5.74, 6) is 0.280. The summed E-state index contributed by atoms with van der Waals surface area (Å²) in [6.45, 7) is 0. The van der Waals surface area contributed by atoms with E-state index >= 15 is 0 Å². The molecule has 0 fully saturated rings. The van der Waals surface area contributed by atoms with Gasteiger partial charge in [0, 0.05) is 22.9 Å². The summed E-state index contributed by atoms with van der Waals surface area (Å²) in [6.07, 6.45) is 0. The second-order valence-electron chi connectivity index (χ2n) is 3.10. The Hall–Kier alpha value is -1.27. The van der Waals surface area contributed by atoms with Crippen LogP contribution in [0, 0.1) is 10.1 Å². The molecule has 1 rings (SSSR count). The van der Waals surface area contributed by atoms with Crippen LogP contribution in [0.5, 0.6) is 0 Å². The smallest absolute Gasteiger partial charge is 0.315 e. The minimum absolute atomic E-state index is 0.0110. The molecule has 0 saturated carbocycles. The summed E-state index contributed by atoms with van der Waals surface area (Å²) in [6, 6.07) is 4.23. The van der Waals surface area contributed by atoms with Crippen LogP contribution in [0.2, 0.25) is 5.02 Å². The standard InChI is InChI=1S/C10H10ClNO4S/c1-16-10(13)6-17-5-7-4-8(12(14)15)2-3-9(7)11/h2-4H,5-6H2,1H3. The van der Waals surface area contributed by atoms with Gasteiger partial charge >= 0.3 is 5.97 Å². The Bertz CT molecular complexity index is 438. The molecule has 0 amide bonds. The fourth-order valence-electron chi connectivity index (χ4n) is 1.09. The van der Waals surface area contributed by atoms with Crippen molar-refractivity contribution in [1.82, 2.24) is 0 Å². The lowest BCUT2D eigenvalue weighted by Crippen LogP contribution is -2.03. The summed E-state index contributed by atoms with van der Waals surface area (Å²) in [7, 11) is 1.31. The van der Waals surface area contributed by atoms with Gasteiger partial charge in [-0.3, -0.25) is 14.9 Å². The fraction of sp³-hybridized carbons (Fsp3) is 0.300. The molecular weight excluding hydrogens is 266 g/mol. The van der Waals surface area contributed by atoms with Gasteiger partial charge in [0.1, 0.15) is 0 Å². The maximum Gasteiger partial charge on any atom is 0.315 e. The van der Waals surface area contributed by atoms with Crippen molar-refractivity contribution in [2.24, 2.45) is 0 Å². The number of nitro groups is 1. The number of nitrogens with zero attached hydrogens (tertiary/aromatic N) is 1. The van der Waals surface area contributed by atoms with Crippen LogP contribution in [0.4, 0.5) is 5.69 Å². The first-order valence-corrected chi connectivity index (χ1v) is 6.15. The average molecular weight is 276 g/mol. The number of nitro benzene ring substituents is 1. The molecule has 0 aliphatic rings. The van der Waals surface area contributed by atoms with Crippen LogP contribution in [0.1, 0.15) is 5.56 Å². The van der Waals surface area contributed by atoms with Crippen LogP contribution in [-0.2, 0) is 15.3 Å². The molecule has 0 N–H and O–H groups in total. The largest absolute Gasteiger partial charge is 0.468 e. The summed E-state index contributed by atoms with van der Waals surface area (Å²) < 4.78 is 4.48. The molecule has 0 spiro atoms. The van der Waals surface area contributed by atoms with Gasteiger partial charge in [0.15, 0.2) is 0 Å². The zero-order chi connectivity index (χ0) is 12.8. The van der Waals surface area contributed by atoms with E-state index in [-0.39, 0.29) is 17.4 Å². The van der Waals surface area contributed by atoms with E-state index in [1.165, 1.54) is 37.1 Å². The first-order valence-electron chi connectivity index (χ1n) is 4.62. The molecule has 0 atom stereocenters. The molecule has 0 heterocycles. The van der Waals surface area contributed by atoms with Gasteiger partial charge in [0.2, 0.25) is 0 Å². The number of carbonyl (C=O) groups excluding carboxylic acids is 1. The van der Waals surface area contributed by atoms with E-state index in [0.29, 0.717) is 16.3 Å². The highest BCUT2D eigenvalue weighted by atomic mass is 35.5. The lowest BCUT2D eigenvalue weighted by Gasteiger charge is -2.03. The van der Waals surface area contributed by atoms with Crippen LogP contribution < -0.4 is 0 Å². The number of thioether (sulfide) groups is 1. The van der Waals surface area contributed by atoms with E-state index in [2.05, 4.69) is 4.74 Å². The molecular formula is C10H10ClNO4S. The van der Waals surface area contributed by atoms with Crippen molar-refractivity contribution in [3.63, 3.8) is 0 Å². The average Bonchev–Trinajstić information content (AvgIpc) is 2.30. The van der Waals surface area contributed by atoms with Crippen LogP contribution in [-0.4, -0.2) is 23.8 Å². The van der Waals surface area contributed by atoms with Gasteiger partial charge in [0.05, 0.1) is 17.8 Å². The third-order valence-electron chi connectivity index (χ3n) is 1.95. The minimum Gasteiger partial charge on any atom is -0.468 e. The highest BCUT2D eigenvalue weighted by molar-refractivity contribution is 7.99. The zero-order valence-corrected chi connectivity index (χ0v) is 10.6. The maximum absolute atomic E-state index is 10.9. The van der Waals surface area contributed by atoms with Crippen LogP contribution in [0.15, 0.2) is 18.2 Å². The topological polar surface area (TPSA) is 69.4 Å². The van der Waals surface area contributed by atoms with Gasteiger partial charge < -0.3 is 4.74 Å². The number of halogens is 1. The van der Waals surface area contributed by atoms with Crippen molar-refractivity contribution in [2.75, 3.05) is 12.9 Å². The van der Waals surface area contributed by atoms with E-state index in [1.807, 2.05) is 0 Å². The molecule has 0 saturated heterocycles. The van der Waals surface area contributed by atoms with Gasteiger partial charge in [-0.1, -0.05) is 11.6 Å². The van der Waals surface area contributed by atoms with Crippen molar-refractivity contribution in [3.8, 4) is 0 Å². The van der Waals surface area contributed by atoms with Crippen LogP contribution >= 0.6 is 23.4 Å². The molecule has 17 heavy (non-hydrogen) atoms. The van der Waals surface area contributed by atoms with Crippen molar-refractivity contribution < 1.29 is 14.5 Å². The lowest BCUT2D eigenvalue weighted by atomic mass is 10.2. The number of ether oxygens (including phenoxy) is 1. The Labute approximate surface area is 107 Å². The number of benzene rings is 1. The normalized spacial score (nSPS) is 10.0. The number of hydrogen-bond acceptors (Lipinski definition) is 5. The van der Waals surface area contributed by atoms with Crippen molar-refractivity contribution in [2.45, 2.75) is 5.75 Å². The summed E-state index contributed by atoms with van der Waals surface area (Å²) >= 11 is 7.19. The maximum atomic E-state index is 10.9. The Morgan fingerprint density at radius 2 is 2.29 bits per heavy atom. The number of methoxy groups -OCH3 is 1. The molecule has 1 aromatic carbocycles. The molecule has 5 nitrogen and oxygen atoms in total. The molecule has 92 valence electrons. The van der Waals surface area contributed by atoms with E-state index in [9.17, 15) is 14.9 Å². The van der Waals surface area contributed by atoms with Gasteiger partial charge in [-0.05, 0) is 11.6 Å². The number of rotatable bonds is 5. The third kappa shape index (κ3) is 4.24. The van der Waals surface area contributed by atoms with Crippen molar-refractivity contribution in [3.05, 3.63) is 38.9 Å². The van der Waals surface area contributed by atoms with Crippen molar-refractivity contribution in [1.29, 1.82) is 0 Å². The third-order valence-corrected chi connectivity index (χ3v) is 3.27. The van der Waals surface area contributed by atoms with E-state index in [1.54, 1.807) is 0 Å². The second kappa shape index (κ2) is 6.46. The van der Waals surface area contributed by atoms with E-state index in [4.69, 9.17) is 11.6 Å². The monoisotopic (exact) mass is 275 g/mol. The molecule has 0 radical (unpaired) electrons. The van der Waals surface area contributed by atoms with Gasteiger partial charge in [-0.15, -0.1) is 11.8 Å². The van der Waals surface area contributed by atoms with E-state index in [0.717, 1.165) is 0 Å². The zero-order valence-electron chi connectivity index (χ0n) is 9.01. The predicted octanol–water partition coefficient (Wildman–Crippen LogP) is 2.65. The number of esters is 1. The van der Waals surface area contributed by atoms with Crippen LogP contribution in [0.25, 0.3) is 0 Å². The fourth-order valence-corrected chi connectivity index (χ4v) is 2.20. The highest BCUT2D eigenvalue weighted by Crippen LogP contribution is 2.25. The van der Waals surface area contributed by atoms with Gasteiger partial charge in [0.25, 0.3) is 5.69 Å². The Morgan fingerprint density at radius 3 is 2.88 bits per heavy atom. The minimum atomic E-state index is -0.481. The molecule has 0 aliphatic heterocycles. The predicted molar refractivity (Wildman–Crippen MR) is 66.3 cm³/mol. The summed E-state index contributed by atoms with van der Waals surface area (Å²) in [5.41, 5.74) is 0.623. The molecule has 0 aromatic heterocycles. The Morgan fingerprint density at radius 1 is 1.59 bits per heavy atom. The van der Waals surface area contributed by atoms with Crippen molar-refractivity contribution >= 4 is 35.0 Å². The quantitative estimate of drug-likeness (QED) is 0.469. The summed E-state index contributed by atoms with van der Waals surface area (Å²) in [4.78, 5) is 21.0. The first-order chi connectivity index (χ1) is 8.04. The Kier molecular flexibility index (Phi) is 5.24. The number of carbonyl (C=O) groups is 1. The lowest BCUT2D eigenvalue weighted by molar-refractivity contribution is -0.384. The number of hydrogen-bond donors (Lipinski definition) is 0. The number of non-ortho nitro benzene ring substituents is 1. The second-order valence-corrected chi connectivity index (χ2v) is 4.49. The Balaban J connectivity index is 2.66. The van der Waals surface area contributed by atoms with Crippen LogP contribution in [0.3, 0.4) is 0 Å². The molecule has 7 heteroatoms. The molecule has 0 bridgehead atoms. The van der Waals surface area contributed by atoms with E-state index < -0.39 is 4.92 Å².